The minimum Gasteiger partial charge on any atom is -0.355 e. The fourth-order valence-electron chi connectivity index (χ4n) is 3.72. The molecule has 4 aromatic rings. The molecule has 1 aromatic heterocycles. The molecule has 4 N–H and O–H groups in total. The molecular weight excluding hydrogens is 479 g/mol. The summed E-state index contributed by atoms with van der Waals surface area (Å²) in [4.78, 5) is 30.0. The lowest BCUT2D eigenvalue weighted by molar-refractivity contribution is 0.0951. The number of amides is 1. The van der Waals surface area contributed by atoms with Crippen molar-refractivity contribution < 1.29 is 14.0 Å². The van der Waals surface area contributed by atoms with E-state index in [4.69, 9.17) is 17.3 Å². The monoisotopic (exact) mass is 502 g/mol. The van der Waals surface area contributed by atoms with E-state index in [-0.39, 0.29) is 29.1 Å². The lowest BCUT2D eigenvalue weighted by Crippen LogP contribution is -2.23. The van der Waals surface area contributed by atoms with Crippen LogP contribution in [0.4, 0.5) is 15.8 Å². The number of ketones is 1. The summed E-state index contributed by atoms with van der Waals surface area (Å²) in [6, 6.07) is 17.9. The summed E-state index contributed by atoms with van der Waals surface area (Å²) in [6.45, 7) is 2.31. The van der Waals surface area contributed by atoms with Crippen molar-refractivity contribution in [1.82, 2.24) is 10.3 Å². The first-order valence-corrected chi connectivity index (χ1v) is 11.6. The van der Waals surface area contributed by atoms with Crippen molar-refractivity contribution in [3.63, 3.8) is 0 Å². The number of rotatable bonds is 8. The molecule has 6 nitrogen and oxygen atoms in total. The molecule has 182 valence electrons. The van der Waals surface area contributed by atoms with Crippen molar-refractivity contribution in [3.8, 4) is 0 Å². The van der Waals surface area contributed by atoms with Crippen molar-refractivity contribution in [3.05, 3.63) is 123 Å². The third-order valence-electron chi connectivity index (χ3n) is 5.73. The Morgan fingerprint density at radius 1 is 0.972 bits per heavy atom. The molecule has 4 rings (SSSR count). The van der Waals surface area contributed by atoms with Gasteiger partial charge in [0, 0.05) is 53.5 Å². The molecule has 0 aliphatic heterocycles. The predicted molar refractivity (Wildman–Crippen MR) is 139 cm³/mol. The maximum Gasteiger partial charge on any atom is 0.251 e. The topological polar surface area (TPSA) is 97.1 Å². The van der Waals surface area contributed by atoms with Crippen LogP contribution >= 0.6 is 11.6 Å². The average molecular weight is 503 g/mol. The van der Waals surface area contributed by atoms with Gasteiger partial charge < -0.3 is 16.4 Å². The van der Waals surface area contributed by atoms with E-state index in [0.717, 1.165) is 11.1 Å². The highest BCUT2D eigenvalue weighted by Gasteiger charge is 2.18. The van der Waals surface area contributed by atoms with Crippen LogP contribution in [0.2, 0.25) is 5.02 Å². The number of benzene rings is 3. The third kappa shape index (κ3) is 5.76. The molecule has 0 atom stereocenters. The summed E-state index contributed by atoms with van der Waals surface area (Å²) in [7, 11) is 0. The van der Waals surface area contributed by atoms with Crippen molar-refractivity contribution in [2.24, 2.45) is 5.73 Å². The molecule has 8 heteroatoms. The Labute approximate surface area is 213 Å². The first-order chi connectivity index (χ1) is 17.4. The van der Waals surface area contributed by atoms with Crippen molar-refractivity contribution in [2.75, 3.05) is 5.32 Å². The fraction of sp³-hybridized carbons (Fsp3) is 0.107. The number of hydrogen-bond donors (Lipinski definition) is 3. The van der Waals surface area contributed by atoms with Gasteiger partial charge in [-0.2, -0.15) is 0 Å². The van der Waals surface area contributed by atoms with Gasteiger partial charge in [0.15, 0.2) is 5.78 Å². The van der Waals surface area contributed by atoms with Gasteiger partial charge in [-0.05, 0) is 84.3 Å². The zero-order valence-electron chi connectivity index (χ0n) is 19.5. The highest BCUT2D eigenvalue weighted by atomic mass is 35.5. The van der Waals surface area contributed by atoms with Gasteiger partial charge in [-0.3, -0.25) is 14.6 Å². The van der Waals surface area contributed by atoms with Crippen LogP contribution in [-0.4, -0.2) is 16.7 Å². The number of aromatic nitrogens is 1. The zero-order chi connectivity index (χ0) is 25.7. The van der Waals surface area contributed by atoms with Crippen LogP contribution in [0.5, 0.6) is 0 Å². The highest BCUT2D eigenvalue weighted by molar-refractivity contribution is 6.35. The third-order valence-corrected chi connectivity index (χ3v) is 6.04. The SMILES string of the molecule is Cc1ccc(C(=O)NCc2ccncc2)cc1C(=O)c1ccc(Nc2ccc(F)cc2CN)cc1Cl. The molecule has 0 bridgehead atoms. The van der Waals surface area contributed by atoms with Gasteiger partial charge in [-0.1, -0.05) is 17.7 Å². The number of nitrogens with zero attached hydrogens (tertiary/aromatic N) is 1. The second kappa shape index (κ2) is 11.1. The van der Waals surface area contributed by atoms with Crippen LogP contribution in [0, 0.1) is 12.7 Å². The second-order valence-corrected chi connectivity index (χ2v) is 8.63. The fourth-order valence-corrected chi connectivity index (χ4v) is 3.99. The molecule has 1 heterocycles. The number of nitrogens with two attached hydrogens (primary N) is 1. The van der Waals surface area contributed by atoms with E-state index in [2.05, 4.69) is 15.6 Å². The molecule has 36 heavy (non-hydrogen) atoms. The molecule has 0 aliphatic carbocycles. The van der Waals surface area contributed by atoms with E-state index in [1.165, 1.54) is 12.1 Å². The molecule has 0 radical (unpaired) electrons. The van der Waals surface area contributed by atoms with Gasteiger partial charge in [-0.15, -0.1) is 0 Å². The molecule has 0 saturated carbocycles. The second-order valence-electron chi connectivity index (χ2n) is 8.22. The highest BCUT2D eigenvalue weighted by Crippen LogP contribution is 2.28. The lowest BCUT2D eigenvalue weighted by Gasteiger charge is -2.13. The quantitative estimate of drug-likeness (QED) is 0.275. The van der Waals surface area contributed by atoms with Crippen LogP contribution in [0.15, 0.2) is 79.1 Å². The zero-order valence-corrected chi connectivity index (χ0v) is 20.3. The minimum absolute atomic E-state index is 0.163. The van der Waals surface area contributed by atoms with E-state index in [9.17, 15) is 14.0 Å². The van der Waals surface area contributed by atoms with Crippen LogP contribution in [0.1, 0.15) is 43.0 Å². The molecular formula is C28H24ClFN4O2. The summed E-state index contributed by atoms with van der Waals surface area (Å²) in [5.74, 6) is -0.956. The van der Waals surface area contributed by atoms with Crippen molar-refractivity contribution >= 4 is 34.7 Å². The first-order valence-electron chi connectivity index (χ1n) is 11.2. The van der Waals surface area contributed by atoms with Crippen LogP contribution < -0.4 is 16.4 Å². The van der Waals surface area contributed by atoms with Gasteiger partial charge in [0.2, 0.25) is 0 Å². The van der Waals surface area contributed by atoms with E-state index in [1.807, 2.05) is 12.1 Å². The van der Waals surface area contributed by atoms with Gasteiger partial charge in [0.05, 0.1) is 5.02 Å². The summed E-state index contributed by atoms with van der Waals surface area (Å²) in [5, 5.41) is 6.26. The predicted octanol–water partition coefficient (Wildman–Crippen LogP) is 5.55. The lowest BCUT2D eigenvalue weighted by atomic mass is 9.96. The minimum atomic E-state index is -0.372. The number of anilines is 2. The van der Waals surface area contributed by atoms with Gasteiger partial charge >= 0.3 is 0 Å². The number of carbonyl (C=O) groups excluding carboxylic acids is 2. The summed E-state index contributed by atoms with van der Waals surface area (Å²) in [5.41, 5.74) is 10.3. The molecule has 1 amide bonds. The number of hydrogen-bond acceptors (Lipinski definition) is 5. The first kappa shape index (κ1) is 25.0. The number of halogens is 2. The molecule has 0 fully saturated rings. The molecule has 0 unspecified atom stereocenters. The Balaban J connectivity index is 1.53. The summed E-state index contributed by atoms with van der Waals surface area (Å²) >= 11 is 6.48. The van der Waals surface area contributed by atoms with Gasteiger partial charge in [0.1, 0.15) is 5.82 Å². The molecule has 0 aliphatic rings. The van der Waals surface area contributed by atoms with Crippen LogP contribution in [0.25, 0.3) is 0 Å². The molecule has 0 saturated heterocycles. The Kier molecular flexibility index (Phi) is 7.73. The summed E-state index contributed by atoms with van der Waals surface area (Å²) < 4.78 is 13.5. The van der Waals surface area contributed by atoms with Crippen LogP contribution in [0.3, 0.4) is 0 Å². The average Bonchev–Trinajstić information content (AvgIpc) is 2.89. The van der Waals surface area contributed by atoms with Crippen molar-refractivity contribution in [2.45, 2.75) is 20.0 Å². The largest absolute Gasteiger partial charge is 0.355 e. The Morgan fingerprint density at radius 3 is 2.47 bits per heavy atom. The molecule has 0 spiro atoms. The number of carbonyl (C=O) groups is 2. The van der Waals surface area contributed by atoms with E-state index < -0.39 is 0 Å². The van der Waals surface area contributed by atoms with Gasteiger partial charge in [0.25, 0.3) is 5.91 Å². The standard InChI is InChI=1S/C28H24ClFN4O2/c1-17-2-3-19(28(36)33-16-18-8-10-32-11-9-18)13-24(17)27(35)23-6-5-22(14-25(23)29)34-26-7-4-21(30)12-20(26)15-31/h2-14,34H,15-16,31H2,1H3,(H,33,36). The maximum absolute atomic E-state index is 13.5. The normalized spacial score (nSPS) is 10.7. The maximum atomic E-state index is 13.5. The van der Waals surface area contributed by atoms with E-state index in [0.29, 0.717) is 40.2 Å². The number of pyridine rings is 1. The van der Waals surface area contributed by atoms with Gasteiger partial charge in [-0.25, -0.2) is 4.39 Å². The van der Waals surface area contributed by atoms with Crippen LogP contribution in [-0.2, 0) is 13.1 Å². The Bertz CT molecular complexity index is 1430. The smallest absolute Gasteiger partial charge is 0.251 e. The van der Waals surface area contributed by atoms with E-state index >= 15 is 0 Å². The summed E-state index contributed by atoms with van der Waals surface area (Å²) in [6.07, 6.45) is 3.32. The number of aryl methyl sites for hydroxylation is 1. The van der Waals surface area contributed by atoms with Crippen molar-refractivity contribution in [1.29, 1.82) is 0 Å². The van der Waals surface area contributed by atoms with E-state index in [1.54, 1.807) is 61.8 Å². The number of nitrogens with one attached hydrogen (secondary N) is 2. The molecule has 3 aromatic carbocycles. The Morgan fingerprint density at radius 2 is 1.75 bits per heavy atom. The Hall–Kier alpha value is -4.07.